The van der Waals surface area contributed by atoms with Crippen molar-refractivity contribution < 1.29 is 18.3 Å². The maximum Gasteiger partial charge on any atom is 0.335 e. The summed E-state index contributed by atoms with van der Waals surface area (Å²) in [6.07, 6.45) is 3.02. The second kappa shape index (κ2) is 5.19. The molecule has 5 nitrogen and oxygen atoms in total. The van der Waals surface area contributed by atoms with Gasteiger partial charge in [0.1, 0.15) is 0 Å². The summed E-state index contributed by atoms with van der Waals surface area (Å²) in [6.45, 7) is 0. The zero-order chi connectivity index (χ0) is 13.9. The van der Waals surface area contributed by atoms with E-state index in [-0.39, 0.29) is 16.2 Å². The molecule has 98 valence electrons. The first-order valence-corrected chi connectivity index (χ1v) is 7.09. The van der Waals surface area contributed by atoms with Gasteiger partial charge in [-0.05, 0) is 35.9 Å². The maximum absolute atomic E-state index is 12.2. The molecule has 0 radical (unpaired) electrons. The van der Waals surface area contributed by atoms with Gasteiger partial charge >= 0.3 is 5.97 Å². The quantitative estimate of drug-likeness (QED) is 0.920. The van der Waals surface area contributed by atoms with E-state index in [0.717, 1.165) is 0 Å². The molecular formula is C13H11NO4S. The zero-order valence-corrected chi connectivity index (χ0v) is 10.7. The lowest BCUT2D eigenvalue weighted by atomic mass is 10.2. The van der Waals surface area contributed by atoms with Gasteiger partial charge in [0.25, 0.3) is 0 Å². The van der Waals surface area contributed by atoms with Gasteiger partial charge in [0, 0.05) is 12.4 Å². The predicted molar refractivity (Wildman–Crippen MR) is 68.5 cm³/mol. The minimum atomic E-state index is -3.56. The molecule has 1 N–H and O–H groups in total. The molecule has 1 aromatic carbocycles. The summed E-state index contributed by atoms with van der Waals surface area (Å²) in [6, 6.07) is 8.55. The highest BCUT2D eigenvalue weighted by Gasteiger charge is 2.17. The van der Waals surface area contributed by atoms with Crippen molar-refractivity contribution >= 4 is 15.8 Å². The van der Waals surface area contributed by atoms with E-state index in [0.29, 0.717) is 5.56 Å². The number of rotatable bonds is 4. The summed E-state index contributed by atoms with van der Waals surface area (Å²) in [4.78, 5) is 14.7. The number of hydrogen-bond acceptors (Lipinski definition) is 4. The van der Waals surface area contributed by atoms with Crippen molar-refractivity contribution in [1.82, 2.24) is 4.98 Å². The van der Waals surface area contributed by atoms with Crippen molar-refractivity contribution in [3.8, 4) is 0 Å². The van der Waals surface area contributed by atoms with Crippen LogP contribution in [-0.4, -0.2) is 24.5 Å². The van der Waals surface area contributed by atoms with Gasteiger partial charge in [-0.3, -0.25) is 4.98 Å². The van der Waals surface area contributed by atoms with Gasteiger partial charge in [0.05, 0.1) is 16.2 Å². The number of aromatic carboxylic acids is 1. The Morgan fingerprint density at radius 3 is 2.47 bits per heavy atom. The molecule has 0 unspecified atom stereocenters. The Labute approximate surface area is 110 Å². The summed E-state index contributed by atoms with van der Waals surface area (Å²) in [5.41, 5.74) is 0.562. The molecule has 0 saturated heterocycles. The third-order valence-electron chi connectivity index (χ3n) is 2.55. The summed E-state index contributed by atoms with van der Waals surface area (Å²) in [5.74, 6) is -1.33. The molecule has 19 heavy (non-hydrogen) atoms. The topological polar surface area (TPSA) is 84.3 Å². The number of aromatic nitrogens is 1. The van der Waals surface area contributed by atoms with E-state index in [1.807, 2.05) is 0 Å². The number of carboxylic acid groups (broad SMARTS) is 1. The first-order chi connectivity index (χ1) is 8.99. The molecule has 0 aliphatic heterocycles. The Balaban J connectivity index is 2.35. The molecule has 6 heteroatoms. The summed E-state index contributed by atoms with van der Waals surface area (Å²) in [5, 5.41) is 8.86. The molecule has 0 bridgehead atoms. The monoisotopic (exact) mass is 277 g/mol. The normalized spacial score (nSPS) is 11.2. The van der Waals surface area contributed by atoms with Gasteiger partial charge < -0.3 is 5.11 Å². The molecule has 1 aromatic heterocycles. The summed E-state index contributed by atoms with van der Waals surface area (Å²) < 4.78 is 24.3. The van der Waals surface area contributed by atoms with E-state index in [9.17, 15) is 13.2 Å². The largest absolute Gasteiger partial charge is 0.478 e. The van der Waals surface area contributed by atoms with Gasteiger partial charge in [0.2, 0.25) is 0 Å². The van der Waals surface area contributed by atoms with Gasteiger partial charge in [-0.25, -0.2) is 13.2 Å². The van der Waals surface area contributed by atoms with E-state index in [1.54, 1.807) is 12.1 Å². The molecule has 0 amide bonds. The number of carboxylic acids is 1. The van der Waals surface area contributed by atoms with E-state index >= 15 is 0 Å². The van der Waals surface area contributed by atoms with Crippen molar-refractivity contribution in [1.29, 1.82) is 0 Å². The Kier molecular flexibility index (Phi) is 3.62. The van der Waals surface area contributed by atoms with Crippen molar-refractivity contribution in [2.75, 3.05) is 0 Å². The molecule has 0 aliphatic rings. The first-order valence-electron chi connectivity index (χ1n) is 5.44. The van der Waals surface area contributed by atoms with Crippen LogP contribution in [0.5, 0.6) is 0 Å². The Bertz CT molecular complexity index is 696. The molecule has 2 aromatic rings. The van der Waals surface area contributed by atoms with E-state index < -0.39 is 15.8 Å². The number of nitrogens with zero attached hydrogens (tertiary/aromatic N) is 1. The average molecular weight is 277 g/mol. The molecular weight excluding hydrogens is 266 g/mol. The number of benzene rings is 1. The Morgan fingerprint density at radius 1 is 1.16 bits per heavy atom. The van der Waals surface area contributed by atoms with Gasteiger partial charge in [-0.1, -0.05) is 6.07 Å². The number of pyridine rings is 1. The second-order valence-electron chi connectivity index (χ2n) is 3.95. The highest BCUT2D eigenvalue weighted by Crippen LogP contribution is 2.17. The standard InChI is InChI=1S/C13H11NO4S/c15-13(16)11-2-1-3-12(8-11)19(17,18)9-10-4-6-14-7-5-10/h1-8H,9H2,(H,15,16). The number of carbonyl (C=O) groups is 1. The van der Waals surface area contributed by atoms with Crippen molar-refractivity contribution in [3.05, 3.63) is 59.9 Å². The summed E-state index contributed by atoms with van der Waals surface area (Å²) >= 11 is 0. The predicted octanol–water partition coefficient (Wildman–Crippen LogP) is 1.75. The second-order valence-corrected chi connectivity index (χ2v) is 5.94. The number of hydrogen-bond donors (Lipinski definition) is 1. The molecule has 0 fully saturated rings. The van der Waals surface area contributed by atoms with E-state index in [4.69, 9.17) is 5.11 Å². The SMILES string of the molecule is O=C(O)c1cccc(S(=O)(=O)Cc2ccncc2)c1. The van der Waals surface area contributed by atoms with Gasteiger partial charge in [-0.2, -0.15) is 0 Å². The highest BCUT2D eigenvalue weighted by molar-refractivity contribution is 7.90. The average Bonchev–Trinajstić information content (AvgIpc) is 2.39. The van der Waals surface area contributed by atoms with Crippen molar-refractivity contribution in [2.45, 2.75) is 10.6 Å². The van der Waals surface area contributed by atoms with E-state index in [1.165, 1.54) is 36.7 Å². The minimum absolute atomic E-state index is 0.00390. The molecule has 0 aliphatic carbocycles. The maximum atomic E-state index is 12.2. The summed E-state index contributed by atoms with van der Waals surface area (Å²) in [7, 11) is -3.56. The molecule has 2 rings (SSSR count). The van der Waals surface area contributed by atoms with Crippen molar-refractivity contribution in [3.63, 3.8) is 0 Å². The smallest absolute Gasteiger partial charge is 0.335 e. The van der Waals surface area contributed by atoms with Crippen LogP contribution in [0, 0.1) is 0 Å². The van der Waals surface area contributed by atoms with Gasteiger partial charge in [-0.15, -0.1) is 0 Å². The number of sulfone groups is 1. The van der Waals surface area contributed by atoms with Crippen molar-refractivity contribution in [2.24, 2.45) is 0 Å². The fraction of sp³-hybridized carbons (Fsp3) is 0.0769. The third kappa shape index (κ3) is 3.17. The lowest BCUT2D eigenvalue weighted by molar-refractivity contribution is 0.0696. The van der Waals surface area contributed by atoms with Crippen LogP contribution in [0.2, 0.25) is 0 Å². The van der Waals surface area contributed by atoms with Crippen LogP contribution in [-0.2, 0) is 15.6 Å². The molecule has 0 atom stereocenters. The Morgan fingerprint density at radius 2 is 1.84 bits per heavy atom. The third-order valence-corrected chi connectivity index (χ3v) is 4.23. The first kappa shape index (κ1) is 13.2. The molecule has 1 heterocycles. The lowest BCUT2D eigenvalue weighted by Crippen LogP contribution is -2.06. The van der Waals surface area contributed by atoms with Crippen LogP contribution in [0.15, 0.2) is 53.7 Å². The van der Waals surface area contributed by atoms with E-state index in [2.05, 4.69) is 4.98 Å². The van der Waals surface area contributed by atoms with Gasteiger partial charge in [0.15, 0.2) is 9.84 Å². The van der Waals surface area contributed by atoms with Crippen LogP contribution >= 0.6 is 0 Å². The van der Waals surface area contributed by atoms with Crippen LogP contribution in [0.1, 0.15) is 15.9 Å². The minimum Gasteiger partial charge on any atom is -0.478 e. The Hall–Kier alpha value is -2.21. The molecule has 0 spiro atoms. The highest BCUT2D eigenvalue weighted by atomic mass is 32.2. The van der Waals surface area contributed by atoms with Crippen LogP contribution < -0.4 is 0 Å². The van der Waals surface area contributed by atoms with Crippen LogP contribution in [0.4, 0.5) is 0 Å². The zero-order valence-electron chi connectivity index (χ0n) is 9.85. The fourth-order valence-corrected chi connectivity index (χ4v) is 2.99. The molecule has 0 saturated carbocycles. The van der Waals surface area contributed by atoms with Crippen LogP contribution in [0.3, 0.4) is 0 Å². The van der Waals surface area contributed by atoms with Crippen LogP contribution in [0.25, 0.3) is 0 Å². The fourth-order valence-electron chi connectivity index (χ4n) is 1.60. The lowest BCUT2D eigenvalue weighted by Gasteiger charge is -2.05.